The molecule has 0 rings (SSSR count). The van der Waals surface area contributed by atoms with E-state index >= 15 is 0 Å². The fraction of sp³-hybridized carbons (Fsp3) is 0.739. The molecule has 0 aromatic heterocycles. The number of carbonyl (C=O) groups is 2. The van der Waals surface area contributed by atoms with E-state index in [-0.39, 0.29) is 24.9 Å². The molecule has 6 nitrogen and oxygen atoms in total. The molecule has 0 saturated heterocycles. The van der Waals surface area contributed by atoms with Gasteiger partial charge in [0.15, 0.2) is 0 Å². The standard InChI is InChI=1S/C46H81NO5/c1-4-7-10-13-16-19-21-22-24-27-30-33-36-39-46(51)52-42(37-34-31-28-26-23-20-17-14-11-8-5-2)40-45(50)47-43(41-48)44(49)38-35-32-29-25-18-15-12-9-6-3/h7,10,13,16,19,21-22,24,26,28,42-44,48-49H,4-6,8-9,11-12,14-15,17-18,20,23,25,27,29-41H2,1-3H3,(H,47,50)/b10-7+,16-13+,21-19-,24-22-,28-26-. The Morgan fingerprint density at radius 3 is 1.67 bits per heavy atom. The predicted octanol–water partition coefficient (Wildman–Crippen LogP) is 12.1. The maximum Gasteiger partial charge on any atom is 0.306 e. The van der Waals surface area contributed by atoms with Crippen molar-refractivity contribution in [2.45, 2.75) is 212 Å². The summed E-state index contributed by atoms with van der Waals surface area (Å²) in [7, 11) is 0. The van der Waals surface area contributed by atoms with Crippen molar-refractivity contribution in [2.24, 2.45) is 0 Å². The lowest BCUT2D eigenvalue weighted by Crippen LogP contribution is -2.46. The minimum absolute atomic E-state index is 0.0385. The smallest absolute Gasteiger partial charge is 0.306 e. The molecular formula is C46H81NO5. The largest absolute Gasteiger partial charge is 0.462 e. The van der Waals surface area contributed by atoms with Crippen LogP contribution >= 0.6 is 0 Å². The summed E-state index contributed by atoms with van der Waals surface area (Å²) >= 11 is 0. The number of ether oxygens (including phenoxy) is 1. The maximum atomic E-state index is 13.1. The number of rotatable bonds is 37. The molecule has 0 spiro atoms. The molecule has 0 aromatic carbocycles. The Labute approximate surface area is 320 Å². The van der Waals surface area contributed by atoms with Crippen LogP contribution in [-0.4, -0.2) is 46.9 Å². The molecule has 3 unspecified atom stereocenters. The van der Waals surface area contributed by atoms with Crippen molar-refractivity contribution >= 4 is 11.9 Å². The van der Waals surface area contributed by atoms with Crippen molar-refractivity contribution in [1.82, 2.24) is 5.32 Å². The highest BCUT2D eigenvalue weighted by atomic mass is 16.5. The van der Waals surface area contributed by atoms with E-state index in [1.165, 1.54) is 77.0 Å². The second kappa shape index (κ2) is 39.8. The van der Waals surface area contributed by atoms with Gasteiger partial charge >= 0.3 is 5.97 Å². The van der Waals surface area contributed by atoms with E-state index in [1.807, 2.05) is 30.4 Å². The first-order chi connectivity index (χ1) is 25.5. The van der Waals surface area contributed by atoms with E-state index in [4.69, 9.17) is 4.74 Å². The summed E-state index contributed by atoms with van der Waals surface area (Å²) in [6.45, 7) is 6.27. The number of hydrogen-bond donors (Lipinski definition) is 3. The Balaban J connectivity index is 4.72. The molecule has 6 heteroatoms. The van der Waals surface area contributed by atoms with Crippen molar-refractivity contribution in [1.29, 1.82) is 0 Å². The predicted molar refractivity (Wildman–Crippen MR) is 222 cm³/mol. The van der Waals surface area contributed by atoms with Crippen molar-refractivity contribution < 1.29 is 24.5 Å². The van der Waals surface area contributed by atoms with Crippen LogP contribution in [0.1, 0.15) is 194 Å². The van der Waals surface area contributed by atoms with E-state index in [2.05, 4.69) is 56.5 Å². The molecule has 0 aliphatic carbocycles. The summed E-state index contributed by atoms with van der Waals surface area (Å²) in [5.74, 6) is -0.557. The lowest BCUT2D eigenvalue weighted by atomic mass is 10.0. The van der Waals surface area contributed by atoms with Gasteiger partial charge in [0.1, 0.15) is 6.10 Å². The molecule has 52 heavy (non-hydrogen) atoms. The molecule has 0 saturated carbocycles. The molecule has 0 aromatic rings. The number of aliphatic hydroxyl groups excluding tert-OH is 2. The highest BCUT2D eigenvalue weighted by Crippen LogP contribution is 2.16. The van der Waals surface area contributed by atoms with Crippen molar-refractivity contribution in [3.63, 3.8) is 0 Å². The second-order valence-corrected chi connectivity index (χ2v) is 14.4. The van der Waals surface area contributed by atoms with Gasteiger partial charge in [-0.15, -0.1) is 0 Å². The van der Waals surface area contributed by atoms with Gasteiger partial charge < -0.3 is 20.3 Å². The van der Waals surface area contributed by atoms with Gasteiger partial charge in [0.05, 0.1) is 25.2 Å². The Kier molecular flexibility index (Phi) is 37.9. The molecule has 3 N–H and O–H groups in total. The maximum absolute atomic E-state index is 13.1. The van der Waals surface area contributed by atoms with Crippen LogP contribution in [0.2, 0.25) is 0 Å². The molecule has 3 atom stereocenters. The van der Waals surface area contributed by atoms with Gasteiger partial charge in [-0.2, -0.15) is 0 Å². The fourth-order valence-corrected chi connectivity index (χ4v) is 6.14. The van der Waals surface area contributed by atoms with Crippen LogP contribution in [0.5, 0.6) is 0 Å². The average Bonchev–Trinajstić information content (AvgIpc) is 3.13. The SMILES string of the molecule is CC/C=C/C=C/C=C\C=C/CCCCCC(=O)OC(CCC/C=C\CCCCCCCC)CC(=O)NC(CO)C(O)CCCCCCCCCCC. The Hall–Kier alpha value is -2.44. The lowest BCUT2D eigenvalue weighted by molar-refractivity contribution is -0.151. The van der Waals surface area contributed by atoms with Crippen LogP contribution in [0.3, 0.4) is 0 Å². The lowest BCUT2D eigenvalue weighted by Gasteiger charge is -2.24. The van der Waals surface area contributed by atoms with Crippen LogP contribution in [0.25, 0.3) is 0 Å². The Bertz CT molecular complexity index is 952. The van der Waals surface area contributed by atoms with Crippen molar-refractivity contribution in [3.8, 4) is 0 Å². The number of amides is 1. The van der Waals surface area contributed by atoms with Crippen LogP contribution in [-0.2, 0) is 14.3 Å². The van der Waals surface area contributed by atoms with Gasteiger partial charge in [-0.25, -0.2) is 0 Å². The quantitative estimate of drug-likeness (QED) is 0.0256. The molecule has 0 bridgehead atoms. The molecule has 1 amide bonds. The Morgan fingerprint density at radius 1 is 0.577 bits per heavy atom. The minimum Gasteiger partial charge on any atom is -0.462 e. The number of carbonyl (C=O) groups excluding carboxylic acids is 2. The first-order valence-electron chi connectivity index (χ1n) is 21.6. The third-order valence-electron chi connectivity index (χ3n) is 9.43. The summed E-state index contributed by atoms with van der Waals surface area (Å²) < 4.78 is 5.85. The molecule has 0 radical (unpaired) electrons. The highest BCUT2D eigenvalue weighted by molar-refractivity contribution is 5.77. The Morgan fingerprint density at radius 2 is 1.08 bits per heavy atom. The van der Waals surface area contributed by atoms with E-state index < -0.39 is 18.2 Å². The molecule has 0 aliphatic rings. The van der Waals surface area contributed by atoms with E-state index in [0.29, 0.717) is 19.3 Å². The average molecular weight is 728 g/mol. The number of unbranched alkanes of at least 4 members (excludes halogenated alkanes) is 18. The summed E-state index contributed by atoms with van der Waals surface area (Å²) in [6.07, 6.45) is 47.1. The van der Waals surface area contributed by atoms with Crippen LogP contribution in [0.4, 0.5) is 0 Å². The van der Waals surface area contributed by atoms with Gasteiger partial charge in [0.2, 0.25) is 5.91 Å². The number of allylic oxidation sites excluding steroid dienone is 10. The topological polar surface area (TPSA) is 95.9 Å². The zero-order valence-electron chi connectivity index (χ0n) is 33.9. The molecule has 300 valence electrons. The van der Waals surface area contributed by atoms with Crippen LogP contribution in [0.15, 0.2) is 60.8 Å². The van der Waals surface area contributed by atoms with E-state index in [0.717, 1.165) is 70.6 Å². The summed E-state index contributed by atoms with van der Waals surface area (Å²) in [6, 6.07) is -0.716. The van der Waals surface area contributed by atoms with Gasteiger partial charge in [0, 0.05) is 6.42 Å². The summed E-state index contributed by atoms with van der Waals surface area (Å²) in [5.41, 5.74) is 0. The van der Waals surface area contributed by atoms with Gasteiger partial charge in [-0.1, -0.05) is 178 Å². The first kappa shape index (κ1) is 49.6. The number of esters is 1. The zero-order valence-corrected chi connectivity index (χ0v) is 33.9. The third kappa shape index (κ3) is 34.6. The van der Waals surface area contributed by atoms with Crippen molar-refractivity contribution in [2.75, 3.05) is 6.61 Å². The first-order valence-corrected chi connectivity index (χ1v) is 21.6. The molecular weight excluding hydrogens is 647 g/mol. The van der Waals surface area contributed by atoms with Crippen LogP contribution < -0.4 is 5.32 Å². The summed E-state index contributed by atoms with van der Waals surface area (Å²) in [4.78, 5) is 25.9. The summed E-state index contributed by atoms with van der Waals surface area (Å²) in [5, 5.41) is 23.5. The number of hydrogen-bond acceptors (Lipinski definition) is 5. The number of aliphatic hydroxyl groups is 2. The molecule has 0 heterocycles. The fourth-order valence-electron chi connectivity index (χ4n) is 6.14. The van der Waals surface area contributed by atoms with Gasteiger partial charge in [0.25, 0.3) is 0 Å². The van der Waals surface area contributed by atoms with E-state index in [9.17, 15) is 19.8 Å². The number of nitrogens with one attached hydrogen (secondary N) is 1. The highest BCUT2D eigenvalue weighted by Gasteiger charge is 2.23. The monoisotopic (exact) mass is 728 g/mol. The molecule has 0 fully saturated rings. The van der Waals surface area contributed by atoms with Gasteiger partial charge in [-0.3, -0.25) is 9.59 Å². The van der Waals surface area contributed by atoms with E-state index in [1.54, 1.807) is 0 Å². The minimum atomic E-state index is -0.799. The third-order valence-corrected chi connectivity index (χ3v) is 9.43. The van der Waals surface area contributed by atoms with Crippen LogP contribution in [0, 0.1) is 0 Å². The van der Waals surface area contributed by atoms with Crippen molar-refractivity contribution in [3.05, 3.63) is 60.8 Å². The molecule has 0 aliphatic heterocycles. The van der Waals surface area contributed by atoms with Gasteiger partial charge in [-0.05, 0) is 64.2 Å². The normalized spacial score (nSPS) is 14.0. The second-order valence-electron chi connectivity index (χ2n) is 14.4. The zero-order chi connectivity index (χ0) is 38.2.